The Kier molecular flexibility index (Phi) is 6.52. The summed E-state index contributed by atoms with van der Waals surface area (Å²) in [5.41, 5.74) is 5.32. The first-order chi connectivity index (χ1) is 9.10. The van der Waals surface area contributed by atoms with Crippen molar-refractivity contribution < 1.29 is 13.9 Å². The highest BCUT2D eigenvalue weighted by atomic mass is 35.5. The van der Waals surface area contributed by atoms with Crippen LogP contribution < -0.4 is 10.5 Å². The fourth-order valence-electron chi connectivity index (χ4n) is 2.10. The average Bonchev–Trinajstić information content (AvgIpc) is 2.43. The molecule has 2 N–H and O–H groups in total. The van der Waals surface area contributed by atoms with Gasteiger partial charge in [-0.25, -0.2) is 4.39 Å². The van der Waals surface area contributed by atoms with E-state index in [4.69, 9.17) is 22.1 Å². The van der Waals surface area contributed by atoms with Crippen LogP contribution in [-0.2, 0) is 4.79 Å². The second-order valence-electron chi connectivity index (χ2n) is 4.48. The van der Waals surface area contributed by atoms with Crippen LogP contribution in [0.5, 0.6) is 5.75 Å². The van der Waals surface area contributed by atoms with Gasteiger partial charge in [0.2, 0.25) is 5.91 Å². The molecule has 0 radical (unpaired) electrons. The molecule has 7 heteroatoms. The summed E-state index contributed by atoms with van der Waals surface area (Å²) in [7, 11) is 0. The molecule has 1 aromatic carbocycles. The van der Waals surface area contributed by atoms with E-state index in [1.165, 1.54) is 18.2 Å². The number of benzene rings is 1. The third kappa shape index (κ3) is 4.23. The van der Waals surface area contributed by atoms with Gasteiger partial charge in [-0.05, 0) is 12.1 Å². The molecule has 1 aliphatic rings. The Bertz CT molecular complexity index is 466. The lowest BCUT2D eigenvalue weighted by atomic mass is 10.1. The Labute approximate surface area is 128 Å². The van der Waals surface area contributed by atoms with Gasteiger partial charge in [-0.3, -0.25) is 4.79 Å². The molecular weight excluding hydrogens is 306 g/mol. The third-order valence-corrected chi connectivity index (χ3v) is 3.47. The minimum absolute atomic E-state index is 0. The predicted molar refractivity (Wildman–Crippen MR) is 77.9 cm³/mol. The number of hydrogen-bond donors (Lipinski definition) is 1. The number of nitrogens with two attached hydrogens (primary N) is 1. The highest BCUT2D eigenvalue weighted by molar-refractivity contribution is 6.32. The maximum Gasteiger partial charge on any atom is 0.236 e. The first kappa shape index (κ1) is 17.0. The van der Waals surface area contributed by atoms with Crippen molar-refractivity contribution in [1.29, 1.82) is 0 Å². The number of likely N-dealkylation sites (tertiary alicyclic amines) is 1. The summed E-state index contributed by atoms with van der Waals surface area (Å²) in [6.45, 7) is 1.24. The van der Waals surface area contributed by atoms with Crippen LogP contribution in [0, 0.1) is 5.82 Å². The minimum Gasteiger partial charge on any atom is -0.489 e. The van der Waals surface area contributed by atoms with Crippen molar-refractivity contribution in [3.05, 3.63) is 29.0 Å². The normalized spacial score (nSPS) is 15.7. The van der Waals surface area contributed by atoms with Gasteiger partial charge in [0.1, 0.15) is 17.7 Å². The molecule has 1 aromatic rings. The van der Waals surface area contributed by atoms with Crippen LogP contribution in [0.2, 0.25) is 5.02 Å². The van der Waals surface area contributed by atoms with E-state index in [0.29, 0.717) is 36.7 Å². The lowest BCUT2D eigenvalue weighted by molar-refractivity contribution is -0.131. The summed E-state index contributed by atoms with van der Waals surface area (Å²) in [6.07, 6.45) is 1.33. The van der Waals surface area contributed by atoms with E-state index in [9.17, 15) is 9.18 Å². The van der Waals surface area contributed by atoms with Crippen molar-refractivity contribution in [2.75, 3.05) is 19.6 Å². The van der Waals surface area contributed by atoms with Crippen molar-refractivity contribution in [2.24, 2.45) is 5.73 Å². The molecule has 4 nitrogen and oxygen atoms in total. The Balaban J connectivity index is 0.00000200. The molecule has 0 unspecified atom stereocenters. The molecule has 0 aromatic heterocycles. The summed E-state index contributed by atoms with van der Waals surface area (Å²) in [6, 6.07) is 4.04. The zero-order chi connectivity index (χ0) is 13.8. The lowest BCUT2D eigenvalue weighted by Gasteiger charge is -2.32. The molecule has 0 atom stereocenters. The number of carbonyl (C=O) groups is 1. The van der Waals surface area contributed by atoms with E-state index >= 15 is 0 Å². The molecule has 2 rings (SSSR count). The second kappa shape index (κ2) is 7.67. The summed E-state index contributed by atoms with van der Waals surface area (Å²) >= 11 is 5.94. The number of hydrogen-bond acceptors (Lipinski definition) is 3. The van der Waals surface area contributed by atoms with Gasteiger partial charge in [-0.2, -0.15) is 0 Å². The number of halogens is 3. The van der Waals surface area contributed by atoms with Crippen molar-refractivity contribution >= 4 is 29.9 Å². The molecule has 112 valence electrons. The van der Waals surface area contributed by atoms with E-state index in [1.54, 1.807) is 4.90 Å². The number of carbonyl (C=O) groups excluding carboxylic acids is 1. The SMILES string of the molecule is Cl.NCC(=O)N1CCC(Oc2cc(F)ccc2Cl)CC1. The number of ether oxygens (including phenoxy) is 1. The molecule has 1 aliphatic heterocycles. The Morgan fingerprint density at radius 2 is 2.10 bits per heavy atom. The van der Waals surface area contributed by atoms with Crippen LogP contribution in [0.4, 0.5) is 4.39 Å². The topological polar surface area (TPSA) is 55.6 Å². The monoisotopic (exact) mass is 322 g/mol. The average molecular weight is 323 g/mol. The number of amides is 1. The van der Waals surface area contributed by atoms with Crippen molar-refractivity contribution in [3.8, 4) is 5.75 Å². The van der Waals surface area contributed by atoms with E-state index in [2.05, 4.69) is 0 Å². The van der Waals surface area contributed by atoms with Gasteiger partial charge in [0.25, 0.3) is 0 Å². The van der Waals surface area contributed by atoms with E-state index in [0.717, 1.165) is 0 Å². The maximum absolute atomic E-state index is 13.1. The van der Waals surface area contributed by atoms with Crippen molar-refractivity contribution in [1.82, 2.24) is 4.90 Å². The predicted octanol–water partition coefficient (Wildman–Crippen LogP) is 2.23. The second-order valence-corrected chi connectivity index (χ2v) is 4.88. The summed E-state index contributed by atoms with van der Waals surface area (Å²) < 4.78 is 18.8. The van der Waals surface area contributed by atoms with Gasteiger partial charge in [0.05, 0.1) is 11.6 Å². The number of piperidine rings is 1. The molecule has 1 saturated heterocycles. The summed E-state index contributed by atoms with van der Waals surface area (Å²) in [4.78, 5) is 13.1. The van der Waals surface area contributed by atoms with E-state index < -0.39 is 0 Å². The molecule has 1 fully saturated rings. The fourth-order valence-corrected chi connectivity index (χ4v) is 2.26. The Hall–Kier alpha value is -1.04. The Morgan fingerprint density at radius 1 is 1.45 bits per heavy atom. The van der Waals surface area contributed by atoms with Crippen molar-refractivity contribution in [2.45, 2.75) is 18.9 Å². The van der Waals surface area contributed by atoms with Gasteiger partial charge in [0.15, 0.2) is 0 Å². The fraction of sp³-hybridized carbons (Fsp3) is 0.462. The molecule has 1 heterocycles. The molecule has 0 bridgehead atoms. The highest BCUT2D eigenvalue weighted by Crippen LogP contribution is 2.28. The minimum atomic E-state index is -0.379. The third-order valence-electron chi connectivity index (χ3n) is 3.16. The smallest absolute Gasteiger partial charge is 0.236 e. The number of rotatable bonds is 3. The van der Waals surface area contributed by atoms with Gasteiger partial charge in [-0.1, -0.05) is 11.6 Å². The zero-order valence-corrected chi connectivity index (χ0v) is 12.4. The quantitative estimate of drug-likeness (QED) is 0.928. The first-order valence-corrected chi connectivity index (χ1v) is 6.57. The maximum atomic E-state index is 13.1. The van der Waals surface area contributed by atoms with Crippen LogP contribution >= 0.6 is 24.0 Å². The van der Waals surface area contributed by atoms with Crippen LogP contribution in [0.25, 0.3) is 0 Å². The summed E-state index contributed by atoms with van der Waals surface area (Å²) in [5.74, 6) is -0.0809. The molecule has 0 spiro atoms. The van der Waals surface area contributed by atoms with Gasteiger partial charge in [0, 0.05) is 32.0 Å². The Morgan fingerprint density at radius 3 is 2.70 bits per heavy atom. The largest absolute Gasteiger partial charge is 0.489 e. The van der Waals surface area contributed by atoms with Crippen LogP contribution in [-0.4, -0.2) is 36.5 Å². The van der Waals surface area contributed by atoms with Crippen LogP contribution in [0.1, 0.15) is 12.8 Å². The zero-order valence-electron chi connectivity index (χ0n) is 10.9. The molecule has 20 heavy (non-hydrogen) atoms. The number of nitrogens with zero attached hydrogens (tertiary/aromatic N) is 1. The van der Waals surface area contributed by atoms with E-state index in [1.807, 2.05) is 0 Å². The first-order valence-electron chi connectivity index (χ1n) is 6.19. The summed E-state index contributed by atoms with van der Waals surface area (Å²) in [5, 5.41) is 0.391. The lowest BCUT2D eigenvalue weighted by Crippen LogP contribution is -2.44. The van der Waals surface area contributed by atoms with Gasteiger partial charge < -0.3 is 15.4 Å². The molecule has 0 saturated carbocycles. The van der Waals surface area contributed by atoms with Crippen LogP contribution in [0.3, 0.4) is 0 Å². The van der Waals surface area contributed by atoms with Crippen molar-refractivity contribution in [3.63, 3.8) is 0 Å². The molecule has 0 aliphatic carbocycles. The van der Waals surface area contributed by atoms with E-state index in [-0.39, 0.29) is 36.8 Å². The standard InChI is InChI=1S/C13H16ClFN2O2.ClH/c14-11-2-1-9(15)7-12(11)19-10-3-5-17(6-4-10)13(18)8-16;/h1-2,7,10H,3-6,8,16H2;1H. The van der Waals surface area contributed by atoms with Gasteiger partial charge >= 0.3 is 0 Å². The highest BCUT2D eigenvalue weighted by Gasteiger charge is 2.23. The van der Waals surface area contributed by atoms with Crippen LogP contribution in [0.15, 0.2) is 18.2 Å². The van der Waals surface area contributed by atoms with Gasteiger partial charge in [-0.15, -0.1) is 12.4 Å². The molecule has 1 amide bonds. The molecular formula is C13H17Cl2FN2O2.